The van der Waals surface area contributed by atoms with E-state index in [4.69, 9.17) is 0 Å². The number of aryl methyl sites for hydroxylation is 1. The zero-order valence-electron chi connectivity index (χ0n) is 13.3. The molecule has 1 aliphatic heterocycles. The summed E-state index contributed by atoms with van der Waals surface area (Å²) >= 11 is 1.62. The number of likely N-dealkylation sites (tertiary alicyclic amines) is 1. The van der Waals surface area contributed by atoms with Crippen LogP contribution in [0.4, 0.5) is 0 Å². The van der Waals surface area contributed by atoms with Crippen LogP contribution in [0.2, 0.25) is 0 Å². The average Bonchev–Trinajstić information content (AvgIpc) is 3.35. The number of H-pyrrole nitrogens is 1. The van der Waals surface area contributed by atoms with E-state index in [1.807, 2.05) is 40.1 Å². The van der Waals surface area contributed by atoms with Crippen LogP contribution in [0.3, 0.4) is 0 Å². The fourth-order valence-corrected chi connectivity index (χ4v) is 3.87. The molecule has 4 rings (SSSR count). The van der Waals surface area contributed by atoms with E-state index >= 15 is 0 Å². The summed E-state index contributed by atoms with van der Waals surface area (Å²) in [6.07, 6.45) is 4.67. The molecule has 124 valence electrons. The van der Waals surface area contributed by atoms with E-state index in [-0.39, 0.29) is 11.9 Å². The molecular formula is C16H18N6OS. The molecule has 1 fully saturated rings. The highest BCUT2D eigenvalue weighted by Crippen LogP contribution is 2.31. The summed E-state index contributed by atoms with van der Waals surface area (Å²) in [5, 5.41) is 17.4. The molecule has 7 nitrogen and oxygen atoms in total. The summed E-state index contributed by atoms with van der Waals surface area (Å²) in [5.74, 6) is 0.777. The molecule has 1 saturated heterocycles. The number of hydrogen-bond donors (Lipinski definition) is 1. The molecular weight excluding hydrogens is 324 g/mol. The van der Waals surface area contributed by atoms with Crippen LogP contribution in [0.15, 0.2) is 29.9 Å². The van der Waals surface area contributed by atoms with Gasteiger partial charge in [-0.3, -0.25) is 9.89 Å². The van der Waals surface area contributed by atoms with Crippen LogP contribution < -0.4 is 0 Å². The van der Waals surface area contributed by atoms with E-state index in [1.165, 1.54) is 0 Å². The lowest BCUT2D eigenvalue weighted by atomic mass is 10.0. The second kappa shape index (κ2) is 6.20. The number of rotatable bonds is 3. The van der Waals surface area contributed by atoms with E-state index in [1.54, 1.807) is 17.7 Å². The first-order chi connectivity index (χ1) is 11.7. The van der Waals surface area contributed by atoms with E-state index in [9.17, 15) is 4.79 Å². The molecule has 0 saturated carbocycles. The van der Waals surface area contributed by atoms with Gasteiger partial charge in [-0.25, -0.2) is 0 Å². The molecule has 24 heavy (non-hydrogen) atoms. The molecule has 0 aliphatic carbocycles. The highest BCUT2D eigenvalue weighted by molar-refractivity contribution is 7.13. The summed E-state index contributed by atoms with van der Waals surface area (Å²) in [4.78, 5) is 15.9. The van der Waals surface area contributed by atoms with Crippen molar-refractivity contribution in [3.8, 4) is 10.6 Å². The summed E-state index contributed by atoms with van der Waals surface area (Å²) in [7, 11) is 1.91. The van der Waals surface area contributed by atoms with Crippen molar-refractivity contribution in [3.05, 3.63) is 41.4 Å². The molecule has 8 heteroatoms. The van der Waals surface area contributed by atoms with Crippen molar-refractivity contribution in [2.45, 2.75) is 25.3 Å². The lowest BCUT2D eigenvalue weighted by Crippen LogP contribution is -2.39. The van der Waals surface area contributed by atoms with Crippen molar-refractivity contribution < 1.29 is 4.79 Å². The molecule has 0 bridgehead atoms. The van der Waals surface area contributed by atoms with E-state index in [0.717, 1.165) is 42.2 Å². The lowest BCUT2D eigenvalue weighted by Gasteiger charge is -2.34. The number of thiophene rings is 1. The molecule has 1 N–H and O–H groups in total. The van der Waals surface area contributed by atoms with Gasteiger partial charge in [0.05, 0.1) is 16.6 Å². The van der Waals surface area contributed by atoms with Crippen LogP contribution in [0, 0.1) is 0 Å². The quantitative estimate of drug-likeness (QED) is 0.793. The van der Waals surface area contributed by atoms with Gasteiger partial charge in [-0.05, 0) is 36.8 Å². The minimum atomic E-state index is -0.0539. The average molecular weight is 342 g/mol. The van der Waals surface area contributed by atoms with E-state index < -0.39 is 0 Å². The summed E-state index contributed by atoms with van der Waals surface area (Å²) < 4.78 is 1.89. The van der Waals surface area contributed by atoms with Gasteiger partial charge in [-0.15, -0.1) is 21.5 Å². The maximum atomic E-state index is 13.0. The van der Waals surface area contributed by atoms with Gasteiger partial charge < -0.3 is 9.47 Å². The van der Waals surface area contributed by atoms with Crippen molar-refractivity contribution in [1.29, 1.82) is 0 Å². The normalized spacial score (nSPS) is 18.0. The Morgan fingerprint density at radius 1 is 1.42 bits per heavy atom. The minimum absolute atomic E-state index is 0.0411. The molecule has 0 radical (unpaired) electrons. The Balaban J connectivity index is 1.61. The van der Waals surface area contributed by atoms with Gasteiger partial charge in [0.15, 0.2) is 11.5 Å². The number of aromatic amines is 1. The molecule has 0 aromatic carbocycles. The summed E-state index contributed by atoms with van der Waals surface area (Å²) in [5.41, 5.74) is 1.33. The zero-order chi connectivity index (χ0) is 16.5. The molecule has 0 unspecified atom stereocenters. The van der Waals surface area contributed by atoms with Gasteiger partial charge >= 0.3 is 0 Å². The molecule has 1 aliphatic rings. The van der Waals surface area contributed by atoms with Crippen LogP contribution in [0.1, 0.15) is 41.6 Å². The second-order valence-electron chi connectivity index (χ2n) is 5.95. The van der Waals surface area contributed by atoms with Gasteiger partial charge in [-0.2, -0.15) is 5.10 Å². The van der Waals surface area contributed by atoms with Crippen LogP contribution in [-0.2, 0) is 7.05 Å². The second-order valence-corrected chi connectivity index (χ2v) is 6.90. The number of amides is 1. The number of nitrogens with zero attached hydrogens (tertiary/aromatic N) is 5. The topological polar surface area (TPSA) is 79.7 Å². The third-order valence-electron chi connectivity index (χ3n) is 4.39. The predicted molar refractivity (Wildman–Crippen MR) is 90.5 cm³/mol. The molecule has 1 atom stereocenters. The number of aromatic nitrogens is 5. The third-order valence-corrected chi connectivity index (χ3v) is 5.29. The monoisotopic (exact) mass is 342 g/mol. The standard InChI is InChI=1S/C16H18N6OS/c1-21-10-17-20-15(21)13-5-2-3-7-22(13)16(23)12-9-11(18-19-12)14-6-4-8-24-14/h4,6,8-10,13H,2-3,5,7H2,1H3,(H,18,19)/t13-/m0/s1. The smallest absolute Gasteiger partial charge is 0.274 e. The first-order valence-electron chi connectivity index (χ1n) is 7.98. The summed E-state index contributed by atoms with van der Waals surface area (Å²) in [6.45, 7) is 0.720. The van der Waals surface area contributed by atoms with Crippen LogP contribution in [-0.4, -0.2) is 42.3 Å². The Morgan fingerprint density at radius 2 is 2.33 bits per heavy atom. The third kappa shape index (κ3) is 2.62. The molecule has 4 heterocycles. The van der Waals surface area contributed by atoms with Gasteiger partial charge in [0.2, 0.25) is 0 Å². The maximum absolute atomic E-state index is 13.0. The largest absolute Gasteiger partial charge is 0.327 e. The highest BCUT2D eigenvalue weighted by atomic mass is 32.1. The first-order valence-corrected chi connectivity index (χ1v) is 8.86. The Bertz CT molecular complexity index is 837. The zero-order valence-corrected chi connectivity index (χ0v) is 14.2. The van der Waals surface area contributed by atoms with Crippen LogP contribution >= 0.6 is 11.3 Å². The Labute approximate surface area is 143 Å². The van der Waals surface area contributed by atoms with Gasteiger partial charge in [-0.1, -0.05) is 6.07 Å². The lowest BCUT2D eigenvalue weighted by molar-refractivity contribution is 0.0590. The number of carbonyl (C=O) groups excluding carboxylic acids is 1. The fourth-order valence-electron chi connectivity index (χ4n) is 3.17. The van der Waals surface area contributed by atoms with Crippen molar-refractivity contribution in [2.75, 3.05) is 6.54 Å². The van der Waals surface area contributed by atoms with Gasteiger partial charge in [0.1, 0.15) is 6.33 Å². The molecule has 3 aromatic rings. The van der Waals surface area contributed by atoms with Gasteiger partial charge in [0.25, 0.3) is 5.91 Å². The number of nitrogens with one attached hydrogen (secondary N) is 1. The summed E-state index contributed by atoms with van der Waals surface area (Å²) in [6, 6.07) is 5.78. The number of hydrogen-bond acceptors (Lipinski definition) is 5. The Kier molecular flexibility index (Phi) is 3.89. The van der Waals surface area contributed by atoms with Crippen LogP contribution in [0.5, 0.6) is 0 Å². The molecule has 0 spiro atoms. The van der Waals surface area contributed by atoms with Crippen LogP contribution in [0.25, 0.3) is 10.6 Å². The molecule has 3 aromatic heterocycles. The highest BCUT2D eigenvalue weighted by Gasteiger charge is 2.32. The number of carbonyl (C=O) groups is 1. The Hall–Kier alpha value is -2.48. The van der Waals surface area contributed by atoms with E-state index in [0.29, 0.717) is 5.69 Å². The SMILES string of the molecule is Cn1cnnc1[C@@H]1CCCCN1C(=O)c1cc(-c2cccs2)[nH]n1. The van der Waals surface area contributed by atoms with E-state index in [2.05, 4.69) is 20.4 Å². The number of piperidine rings is 1. The molecule has 1 amide bonds. The van der Waals surface area contributed by atoms with Gasteiger partial charge in [0, 0.05) is 13.6 Å². The minimum Gasteiger partial charge on any atom is -0.327 e. The first kappa shape index (κ1) is 15.1. The van der Waals surface area contributed by atoms with Crippen molar-refractivity contribution >= 4 is 17.2 Å². The van der Waals surface area contributed by atoms with Crippen molar-refractivity contribution in [2.24, 2.45) is 7.05 Å². The Morgan fingerprint density at radius 3 is 3.08 bits per heavy atom. The predicted octanol–water partition coefficient (Wildman–Crippen LogP) is 2.63. The fraction of sp³-hybridized carbons (Fsp3) is 0.375. The van der Waals surface area contributed by atoms with Crippen molar-refractivity contribution in [1.82, 2.24) is 29.9 Å². The maximum Gasteiger partial charge on any atom is 0.274 e. The van der Waals surface area contributed by atoms with Crippen molar-refractivity contribution in [3.63, 3.8) is 0 Å².